The summed E-state index contributed by atoms with van der Waals surface area (Å²) in [6.07, 6.45) is 1.48. The summed E-state index contributed by atoms with van der Waals surface area (Å²) < 4.78 is 29.0. The molecule has 0 saturated heterocycles. The summed E-state index contributed by atoms with van der Waals surface area (Å²) >= 11 is 8.77. The second-order valence-electron chi connectivity index (χ2n) is 6.55. The van der Waals surface area contributed by atoms with Crippen LogP contribution in [0.2, 0.25) is 5.02 Å². The number of carbonyl (C=O) groups excluding carboxylic acids is 2. The summed E-state index contributed by atoms with van der Waals surface area (Å²) in [5, 5.41) is 2.76. The molecule has 2 aliphatic rings. The molecule has 2 atom stereocenters. The van der Waals surface area contributed by atoms with E-state index in [1.54, 1.807) is 0 Å². The number of nitrogens with zero attached hydrogens (tertiary/aromatic N) is 3. The number of benzene rings is 1. The number of nitrogens with one attached hydrogen (secondary N) is 1. The first-order valence-corrected chi connectivity index (χ1v) is 9.18. The molecule has 0 bridgehead atoms. The largest absolute Gasteiger partial charge is 0.328 e. The summed E-state index contributed by atoms with van der Waals surface area (Å²) in [4.78, 5) is 33.9. The van der Waals surface area contributed by atoms with Crippen molar-refractivity contribution in [3.63, 3.8) is 0 Å². The van der Waals surface area contributed by atoms with Crippen LogP contribution in [0.3, 0.4) is 0 Å². The molecule has 1 spiro atoms. The number of hydrogen-bond donors (Lipinski definition) is 1. The van der Waals surface area contributed by atoms with Gasteiger partial charge in [-0.15, -0.1) is 0 Å². The van der Waals surface area contributed by atoms with Gasteiger partial charge in [0.2, 0.25) is 11.9 Å². The van der Waals surface area contributed by atoms with Gasteiger partial charge >= 0.3 is 0 Å². The van der Waals surface area contributed by atoms with Gasteiger partial charge in [0.1, 0.15) is 18.5 Å². The molecule has 1 aromatic heterocycles. The average Bonchev–Trinajstić information content (AvgIpc) is 3.26. The van der Waals surface area contributed by atoms with Crippen molar-refractivity contribution < 1.29 is 18.4 Å². The highest BCUT2D eigenvalue weighted by Gasteiger charge is 2.62. The van der Waals surface area contributed by atoms with Crippen molar-refractivity contribution in [1.29, 1.82) is 0 Å². The molecule has 1 saturated carbocycles. The van der Waals surface area contributed by atoms with Crippen molar-refractivity contribution in [1.82, 2.24) is 14.9 Å². The highest BCUT2D eigenvalue weighted by molar-refractivity contribution is 9.10. The van der Waals surface area contributed by atoms with E-state index >= 15 is 0 Å². The van der Waals surface area contributed by atoms with Crippen LogP contribution in [0.25, 0.3) is 0 Å². The Morgan fingerprint density at radius 1 is 1.41 bits per heavy atom. The molecule has 2 aromatic rings. The Hall–Kier alpha value is -2.13. The molecule has 27 heavy (non-hydrogen) atoms. The zero-order valence-corrected chi connectivity index (χ0v) is 16.0. The SMILES string of the molecule is O=C(CN1C[C@]2(C[C@H]2F)c2c(ccc(Br)c2F)C1=O)Nc1ncc(Cl)cn1. The van der Waals surface area contributed by atoms with E-state index in [4.69, 9.17) is 11.6 Å². The number of carbonyl (C=O) groups is 2. The fraction of sp³-hybridized carbons (Fsp3) is 0.294. The topological polar surface area (TPSA) is 75.2 Å². The standard InChI is InChI=1S/C17H12BrClF2N4O2/c18-10-2-1-9-13(14(10)21)17(3-11(17)20)7-25(15(9)27)6-12(26)24-16-22-4-8(19)5-23-16/h1-2,4-5,11H,3,6-7H2,(H,22,23,24,26)/t11-,17+/m1/s1. The van der Waals surface area contributed by atoms with Gasteiger partial charge in [0.15, 0.2) is 0 Å². The number of rotatable bonds is 3. The van der Waals surface area contributed by atoms with Crippen molar-refractivity contribution in [3.05, 3.63) is 51.0 Å². The Morgan fingerprint density at radius 3 is 2.70 bits per heavy atom. The molecule has 1 aliphatic carbocycles. The van der Waals surface area contributed by atoms with Crippen LogP contribution in [0.5, 0.6) is 0 Å². The van der Waals surface area contributed by atoms with Crippen molar-refractivity contribution in [2.45, 2.75) is 18.0 Å². The first kappa shape index (κ1) is 18.2. The first-order valence-electron chi connectivity index (χ1n) is 8.01. The lowest BCUT2D eigenvalue weighted by atomic mass is 9.85. The van der Waals surface area contributed by atoms with E-state index in [2.05, 4.69) is 31.2 Å². The molecule has 1 aromatic carbocycles. The zero-order valence-electron chi connectivity index (χ0n) is 13.7. The number of amides is 2. The van der Waals surface area contributed by atoms with Crippen LogP contribution in [-0.2, 0) is 10.2 Å². The summed E-state index contributed by atoms with van der Waals surface area (Å²) in [6.45, 7) is -0.390. The number of alkyl halides is 1. The summed E-state index contributed by atoms with van der Waals surface area (Å²) in [5.41, 5.74) is -0.932. The van der Waals surface area contributed by atoms with E-state index in [9.17, 15) is 18.4 Å². The van der Waals surface area contributed by atoms with Crippen molar-refractivity contribution in [2.75, 3.05) is 18.4 Å². The van der Waals surface area contributed by atoms with E-state index < -0.39 is 29.2 Å². The van der Waals surface area contributed by atoms with E-state index in [-0.39, 0.29) is 41.1 Å². The highest BCUT2D eigenvalue weighted by Crippen LogP contribution is 2.55. The number of halogens is 4. The second-order valence-corrected chi connectivity index (χ2v) is 7.84. The van der Waals surface area contributed by atoms with Gasteiger partial charge in [-0.3, -0.25) is 14.9 Å². The molecule has 1 fully saturated rings. The Morgan fingerprint density at radius 2 is 2.07 bits per heavy atom. The minimum atomic E-state index is -1.27. The summed E-state index contributed by atoms with van der Waals surface area (Å²) in [5.74, 6) is -1.65. The van der Waals surface area contributed by atoms with Gasteiger partial charge in [-0.25, -0.2) is 18.7 Å². The van der Waals surface area contributed by atoms with Crippen LogP contribution in [-0.4, -0.2) is 45.9 Å². The van der Waals surface area contributed by atoms with E-state index in [1.165, 1.54) is 29.4 Å². The molecule has 4 rings (SSSR count). The van der Waals surface area contributed by atoms with Gasteiger partial charge in [0.05, 0.1) is 27.3 Å². The van der Waals surface area contributed by atoms with Gasteiger partial charge < -0.3 is 4.90 Å². The molecule has 0 unspecified atom stereocenters. The normalized spacial score (nSPS) is 23.3. The van der Waals surface area contributed by atoms with Crippen molar-refractivity contribution >= 4 is 45.3 Å². The first-order chi connectivity index (χ1) is 12.8. The molecular weight excluding hydrogens is 446 g/mol. The second kappa shape index (κ2) is 6.49. The predicted molar refractivity (Wildman–Crippen MR) is 96.9 cm³/mol. The average molecular weight is 458 g/mol. The Kier molecular flexibility index (Phi) is 4.38. The maximum absolute atomic E-state index is 14.6. The maximum Gasteiger partial charge on any atom is 0.254 e. The minimum absolute atomic E-state index is 0.0359. The van der Waals surface area contributed by atoms with Crippen LogP contribution >= 0.6 is 27.5 Å². The van der Waals surface area contributed by atoms with Crippen LogP contribution < -0.4 is 5.32 Å². The lowest BCUT2D eigenvalue weighted by molar-refractivity contribution is -0.117. The third-order valence-electron chi connectivity index (χ3n) is 4.77. The molecular formula is C17H12BrClF2N4O2. The molecule has 0 radical (unpaired) electrons. The maximum atomic E-state index is 14.6. The molecule has 1 N–H and O–H groups in total. The summed E-state index contributed by atoms with van der Waals surface area (Å²) in [7, 11) is 0. The van der Waals surface area contributed by atoms with Crippen LogP contribution in [0.15, 0.2) is 29.0 Å². The Balaban J connectivity index is 1.58. The number of aromatic nitrogens is 2. The smallest absolute Gasteiger partial charge is 0.254 e. The van der Waals surface area contributed by atoms with Crippen LogP contribution in [0, 0.1) is 5.82 Å². The number of fused-ring (bicyclic) bond motifs is 2. The molecule has 140 valence electrons. The summed E-state index contributed by atoms with van der Waals surface area (Å²) in [6, 6.07) is 2.85. The monoisotopic (exact) mass is 456 g/mol. The third-order valence-corrected chi connectivity index (χ3v) is 5.58. The Bertz CT molecular complexity index is 959. The number of anilines is 1. The van der Waals surface area contributed by atoms with E-state index in [0.717, 1.165) is 0 Å². The highest BCUT2D eigenvalue weighted by atomic mass is 79.9. The van der Waals surface area contributed by atoms with Gasteiger partial charge in [-0.2, -0.15) is 0 Å². The lowest BCUT2D eigenvalue weighted by Crippen LogP contribution is -2.48. The van der Waals surface area contributed by atoms with Crippen molar-refractivity contribution in [2.24, 2.45) is 0 Å². The molecule has 10 heteroatoms. The quantitative estimate of drug-likeness (QED) is 0.769. The molecule has 6 nitrogen and oxygen atoms in total. The van der Waals surface area contributed by atoms with Gasteiger partial charge in [-0.1, -0.05) is 11.6 Å². The Labute approximate surface area is 166 Å². The molecule has 2 heterocycles. The van der Waals surface area contributed by atoms with Crippen LogP contribution in [0.4, 0.5) is 14.7 Å². The zero-order chi connectivity index (χ0) is 19.3. The number of hydrogen-bond acceptors (Lipinski definition) is 4. The fourth-order valence-electron chi connectivity index (χ4n) is 3.40. The minimum Gasteiger partial charge on any atom is -0.328 e. The van der Waals surface area contributed by atoms with Crippen molar-refractivity contribution in [3.8, 4) is 0 Å². The van der Waals surface area contributed by atoms with E-state index in [1.807, 2.05) is 0 Å². The van der Waals surface area contributed by atoms with Gasteiger partial charge in [0, 0.05) is 17.7 Å². The molecule has 2 amide bonds. The lowest BCUT2D eigenvalue weighted by Gasteiger charge is -2.34. The third kappa shape index (κ3) is 3.08. The van der Waals surface area contributed by atoms with E-state index in [0.29, 0.717) is 5.02 Å². The van der Waals surface area contributed by atoms with Gasteiger partial charge in [-0.05, 0) is 34.5 Å². The molecule has 1 aliphatic heterocycles. The van der Waals surface area contributed by atoms with Gasteiger partial charge in [0.25, 0.3) is 5.91 Å². The fourth-order valence-corrected chi connectivity index (χ4v) is 3.83. The predicted octanol–water partition coefficient (Wildman–Crippen LogP) is 3.11. The van der Waals surface area contributed by atoms with Crippen LogP contribution in [0.1, 0.15) is 22.3 Å².